The average molecular weight is 454 g/mol. The van der Waals surface area contributed by atoms with Gasteiger partial charge in [-0.2, -0.15) is 0 Å². The number of hydrogen-bond acceptors (Lipinski definition) is 4. The number of nitrogens with one attached hydrogen (secondary N) is 2. The molecule has 0 radical (unpaired) electrons. The summed E-state index contributed by atoms with van der Waals surface area (Å²) >= 11 is 0. The lowest BCUT2D eigenvalue weighted by Crippen LogP contribution is -2.46. The number of ether oxygens (including phenoxy) is 2. The van der Waals surface area contributed by atoms with E-state index in [0.29, 0.717) is 12.1 Å². The molecule has 7 heteroatoms. The number of hydrogen-bond donors (Lipinski definition) is 2. The molecule has 2 atom stereocenters. The molecule has 2 aliphatic rings. The summed E-state index contributed by atoms with van der Waals surface area (Å²) in [7, 11) is 6.14. The van der Waals surface area contributed by atoms with Crippen LogP contribution in [0.25, 0.3) is 0 Å². The van der Waals surface area contributed by atoms with E-state index in [1.165, 1.54) is 19.3 Å². The van der Waals surface area contributed by atoms with Gasteiger partial charge < -0.3 is 25.0 Å². The van der Waals surface area contributed by atoms with Crippen molar-refractivity contribution in [1.29, 1.82) is 0 Å². The molecule has 1 saturated heterocycles. The summed E-state index contributed by atoms with van der Waals surface area (Å²) in [5.41, 5.74) is 0. The molecule has 0 aromatic rings. The van der Waals surface area contributed by atoms with E-state index in [1.807, 2.05) is 7.05 Å². The van der Waals surface area contributed by atoms with Gasteiger partial charge in [0, 0.05) is 39.4 Å². The molecule has 2 fully saturated rings. The largest absolute Gasteiger partial charge is 0.379 e. The van der Waals surface area contributed by atoms with Crippen molar-refractivity contribution < 1.29 is 9.47 Å². The van der Waals surface area contributed by atoms with Crippen molar-refractivity contribution in [2.75, 3.05) is 54.1 Å². The molecule has 1 saturated carbocycles. The fourth-order valence-corrected chi connectivity index (χ4v) is 3.05. The van der Waals surface area contributed by atoms with Crippen molar-refractivity contribution in [1.82, 2.24) is 15.5 Å². The lowest BCUT2D eigenvalue weighted by molar-refractivity contribution is 0.0168. The van der Waals surface area contributed by atoms with Crippen molar-refractivity contribution in [2.45, 2.75) is 44.2 Å². The smallest absolute Gasteiger partial charge is 0.191 e. The predicted molar refractivity (Wildman–Crippen MR) is 109 cm³/mol. The quantitative estimate of drug-likeness (QED) is 0.228. The molecule has 0 bridgehead atoms. The van der Waals surface area contributed by atoms with Gasteiger partial charge in [-0.15, -0.1) is 24.0 Å². The molecule has 2 unspecified atom stereocenters. The van der Waals surface area contributed by atoms with Crippen molar-refractivity contribution >= 4 is 29.9 Å². The second-order valence-corrected chi connectivity index (χ2v) is 6.81. The summed E-state index contributed by atoms with van der Waals surface area (Å²) in [5.74, 6) is 1.73. The standard InChI is InChI=1S/C17H34N4O2.HI/c1-18-17(20-12-16(21(2)3)14-7-8-14)19-9-5-10-22-13-15-6-4-11-23-15;/h14-16H,4-13H2,1-3H3,(H2,18,19,20);1H. The molecule has 1 aliphatic carbocycles. The predicted octanol–water partition coefficient (Wildman–Crippen LogP) is 1.70. The Hall–Kier alpha value is -0.120. The zero-order valence-corrected chi connectivity index (χ0v) is 17.8. The van der Waals surface area contributed by atoms with Crippen LogP contribution >= 0.6 is 24.0 Å². The average Bonchev–Trinajstić information content (AvgIpc) is 3.23. The Balaban J connectivity index is 0.00000288. The lowest BCUT2D eigenvalue weighted by atomic mass is 10.1. The van der Waals surface area contributed by atoms with Crippen LogP contribution in [0.5, 0.6) is 0 Å². The van der Waals surface area contributed by atoms with Crippen molar-refractivity contribution in [3.63, 3.8) is 0 Å². The fraction of sp³-hybridized carbons (Fsp3) is 0.941. The van der Waals surface area contributed by atoms with E-state index >= 15 is 0 Å². The number of guanidine groups is 1. The molecular formula is C17H35IN4O2. The summed E-state index contributed by atoms with van der Waals surface area (Å²) in [6, 6.07) is 0.600. The molecular weight excluding hydrogens is 419 g/mol. The molecule has 24 heavy (non-hydrogen) atoms. The van der Waals surface area contributed by atoms with Crippen LogP contribution in [0.4, 0.5) is 0 Å². The van der Waals surface area contributed by atoms with Gasteiger partial charge >= 0.3 is 0 Å². The molecule has 1 heterocycles. The minimum absolute atomic E-state index is 0. The van der Waals surface area contributed by atoms with E-state index in [4.69, 9.17) is 9.47 Å². The van der Waals surface area contributed by atoms with Gasteiger partial charge in [-0.25, -0.2) is 0 Å². The van der Waals surface area contributed by atoms with Crippen molar-refractivity contribution in [3.8, 4) is 0 Å². The van der Waals surface area contributed by atoms with Crippen LogP contribution < -0.4 is 10.6 Å². The first-order valence-electron chi connectivity index (χ1n) is 9.01. The number of nitrogens with zero attached hydrogens (tertiary/aromatic N) is 2. The lowest BCUT2D eigenvalue weighted by Gasteiger charge is -2.25. The highest BCUT2D eigenvalue weighted by molar-refractivity contribution is 14.0. The maximum Gasteiger partial charge on any atom is 0.191 e. The second-order valence-electron chi connectivity index (χ2n) is 6.81. The Morgan fingerprint density at radius 1 is 1.29 bits per heavy atom. The normalized spacial score (nSPS) is 22.3. The van der Waals surface area contributed by atoms with E-state index in [-0.39, 0.29) is 24.0 Å². The third-order valence-electron chi connectivity index (χ3n) is 4.62. The fourth-order valence-electron chi connectivity index (χ4n) is 3.05. The summed E-state index contributed by atoms with van der Waals surface area (Å²) in [6.45, 7) is 4.23. The zero-order chi connectivity index (χ0) is 16.5. The first kappa shape index (κ1) is 21.9. The molecule has 2 rings (SSSR count). The Morgan fingerprint density at radius 2 is 2.08 bits per heavy atom. The van der Waals surface area contributed by atoms with Gasteiger partial charge in [0.2, 0.25) is 0 Å². The van der Waals surface area contributed by atoms with Gasteiger partial charge in [-0.05, 0) is 52.1 Å². The Labute approximate surface area is 164 Å². The van der Waals surface area contributed by atoms with E-state index in [0.717, 1.165) is 57.6 Å². The van der Waals surface area contributed by atoms with Crippen molar-refractivity contribution in [2.24, 2.45) is 10.9 Å². The molecule has 0 aromatic heterocycles. The van der Waals surface area contributed by atoms with Crippen LogP contribution in [0, 0.1) is 5.92 Å². The van der Waals surface area contributed by atoms with Crippen LogP contribution in [0.3, 0.4) is 0 Å². The molecule has 2 N–H and O–H groups in total. The van der Waals surface area contributed by atoms with Crippen LogP contribution in [-0.2, 0) is 9.47 Å². The number of halogens is 1. The first-order chi connectivity index (χ1) is 11.2. The first-order valence-corrected chi connectivity index (χ1v) is 9.01. The van der Waals surface area contributed by atoms with Gasteiger partial charge in [0.1, 0.15) is 0 Å². The minimum Gasteiger partial charge on any atom is -0.379 e. The van der Waals surface area contributed by atoms with Crippen LogP contribution in [0.15, 0.2) is 4.99 Å². The Morgan fingerprint density at radius 3 is 2.67 bits per heavy atom. The molecule has 0 amide bonds. The van der Waals surface area contributed by atoms with Gasteiger partial charge in [0.05, 0.1) is 12.7 Å². The monoisotopic (exact) mass is 454 g/mol. The summed E-state index contributed by atoms with van der Waals surface area (Å²) in [5, 5.41) is 6.80. The number of aliphatic imine (C=N–C) groups is 1. The molecule has 0 spiro atoms. The highest BCUT2D eigenvalue weighted by Gasteiger charge is 2.32. The number of rotatable bonds is 10. The van der Waals surface area contributed by atoms with Gasteiger partial charge in [0.25, 0.3) is 0 Å². The van der Waals surface area contributed by atoms with E-state index in [2.05, 4.69) is 34.6 Å². The summed E-state index contributed by atoms with van der Waals surface area (Å²) in [6.07, 6.45) is 6.34. The number of likely N-dealkylation sites (N-methyl/N-ethyl adjacent to an activating group) is 1. The summed E-state index contributed by atoms with van der Waals surface area (Å²) in [4.78, 5) is 6.61. The SMILES string of the molecule is CN=C(NCCCOCC1CCCO1)NCC(C1CC1)N(C)C.I. The molecule has 6 nitrogen and oxygen atoms in total. The van der Waals surface area contributed by atoms with Gasteiger partial charge in [0.15, 0.2) is 5.96 Å². The highest BCUT2D eigenvalue weighted by Crippen LogP contribution is 2.34. The third kappa shape index (κ3) is 8.31. The molecule has 142 valence electrons. The van der Waals surface area contributed by atoms with E-state index in [9.17, 15) is 0 Å². The zero-order valence-electron chi connectivity index (χ0n) is 15.4. The van der Waals surface area contributed by atoms with Gasteiger partial charge in [-0.1, -0.05) is 0 Å². The summed E-state index contributed by atoms with van der Waals surface area (Å²) < 4.78 is 11.2. The molecule has 0 aromatic carbocycles. The maximum atomic E-state index is 5.67. The molecule has 1 aliphatic heterocycles. The minimum atomic E-state index is 0. The Bertz CT molecular complexity index is 356. The maximum absolute atomic E-state index is 5.67. The van der Waals surface area contributed by atoms with Crippen molar-refractivity contribution in [3.05, 3.63) is 0 Å². The van der Waals surface area contributed by atoms with E-state index in [1.54, 1.807) is 0 Å². The topological polar surface area (TPSA) is 58.1 Å². The van der Waals surface area contributed by atoms with Crippen LogP contribution in [0.2, 0.25) is 0 Å². The second kappa shape index (κ2) is 12.3. The third-order valence-corrected chi connectivity index (χ3v) is 4.62. The highest BCUT2D eigenvalue weighted by atomic mass is 127. The Kier molecular flexibility index (Phi) is 11.2. The van der Waals surface area contributed by atoms with E-state index < -0.39 is 0 Å². The van der Waals surface area contributed by atoms with Gasteiger partial charge in [-0.3, -0.25) is 4.99 Å². The van der Waals surface area contributed by atoms with Crippen LogP contribution in [0.1, 0.15) is 32.1 Å². The van der Waals surface area contributed by atoms with Crippen LogP contribution in [-0.4, -0.2) is 77.1 Å².